The number of benzene rings is 1. The van der Waals surface area contributed by atoms with Crippen LogP contribution in [0.2, 0.25) is 0 Å². The third-order valence-electron chi connectivity index (χ3n) is 3.29. The predicted molar refractivity (Wildman–Crippen MR) is 83.2 cm³/mol. The largest absolute Gasteiger partial charge is 0.494 e. The summed E-state index contributed by atoms with van der Waals surface area (Å²) >= 11 is 0. The van der Waals surface area contributed by atoms with Crippen molar-refractivity contribution in [2.45, 2.75) is 45.4 Å². The van der Waals surface area contributed by atoms with Gasteiger partial charge in [0.1, 0.15) is 11.3 Å². The number of ether oxygens (including phenoxy) is 2. The summed E-state index contributed by atoms with van der Waals surface area (Å²) in [5.74, 6) is -0.433. The normalized spacial score (nSPS) is 10.4. The summed E-state index contributed by atoms with van der Waals surface area (Å²) in [6.45, 7) is 2.76. The van der Waals surface area contributed by atoms with Crippen molar-refractivity contribution in [2.24, 2.45) is 0 Å². The first-order valence-corrected chi connectivity index (χ1v) is 7.43. The van der Waals surface area contributed by atoms with E-state index in [0.29, 0.717) is 12.4 Å². The van der Waals surface area contributed by atoms with Gasteiger partial charge >= 0.3 is 5.97 Å². The number of anilines is 1. The fourth-order valence-electron chi connectivity index (χ4n) is 2.17. The second-order valence-corrected chi connectivity index (χ2v) is 5.01. The molecule has 0 saturated heterocycles. The third-order valence-corrected chi connectivity index (χ3v) is 3.29. The summed E-state index contributed by atoms with van der Waals surface area (Å²) < 4.78 is 10.6. The zero-order valence-electron chi connectivity index (χ0n) is 12.9. The number of carbonyl (C=O) groups is 1. The Morgan fingerprint density at radius 1 is 1.19 bits per heavy atom. The number of rotatable bonds is 10. The first-order chi connectivity index (χ1) is 10.1. The van der Waals surface area contributed by atoms with E-state index in [-0.39, 0.29) is 17.0 Å². The molecule has 118 valence electrons. The number of aromatic carboxylic acids is 1. The van der Waals surface area contributed by atoms with Gasteiger partial charge in [-0.3, -0.25) is 0 Å². The van der Waals surface area contributed by atoms with Gasteiger partial charge in [-0.2, -0.15) is 0 Å². The first-order valence-electron chi connectivity index (χ1n) is 7.43. The SMILES string of the molecule is CCCCCCCCOc1cc(N)c(OC)c(C(=O)O)c1. The van der Waals surface area contributed by atoms with E-state index in [1.807, 2.05) is 0 Å². The maximum absolute atomic E-state index is 11.2. The number of nitrogen functional groups attached to an aromatic ring is 1. The van der Waals surface area contributed by atoms with Crippen LogP contribution in [-0.2, 0) is 0 Å². The van der Waals surface area contributed by atoms with Gasteiger partial charge in [-0.15, -0.1) is 0 Å². The Balaban J connectivity index is 2.50. The van der Waals surface area contributed by atoms with Gasteiger partial charge in [0.2, 0.25) is 0 Å². The molecule has 0 amide bonds. The van der Waals surface area contributed by atoms with E-state index in [2.05, 4.69) is 6.92 Å². The summed E-state index contributed by atoms with van der Waals surface area (Å²) in [7, 11) is 1.40. The number of hydrogen-bond acceptors (Lipinski definition) is 4. The molecule has 0 aromatic heterocycles. The lowest BCUT2D eigenvalue weighted by atomic mass is 10.1. The molecule has 21 heavy (non-hydrogen) atoms. The third kappa shape index (κ3) is 5.53. The van der Waals surface area contributed by atoms with Gasteiger partial charge < -0.3 is 20.3 Å². The molecule has 0 bridgehead atoms. The Bertz CT molecular complexity index is 460. The van der Waals surface area contributed by atoms with Crippen molar-refractivity contribution >= 4 is 11.7 Å². The number of nitrogens with two attached hydrogens (primary N) is 1. The molecule has 0 aliphatic heterocycles. The Labute approximate surface area is 126 Å². The minimum atomic E-state index is -1.08. The maximum atomic E-state index is 11.2. The smallest absolute Gasteiger partial charge is 0.339 e. The van der Waals surface area contributed by atoms with Crippen molar-refractivity contribution in [3.8, 4) is 11.5 Å². The Hall–Kier alpha value is -1.91. The summed E-state index contributed by atoms with van der Waals surface area (Å²) in [4.78, 5) is 11.2. The summed E-state index contributed by atoms with van der Waals surface area (Å²) in [5.41, 5.74) is 6.08. The minimum absolute atomic E-state index is 0.0236. The maximum Gasteiger partial charge on any atom is 0.339 e. The van der Waals surface area contributed by atoms with E-state index in [9.17, 15) is 4.79 Å². The number of carboxylic acid groups (broad SMARTS) is 1. The number of unbranched alkanes of at least 4 members (excludes halogenated alkanes) is 5. The van der Waals surface area contributed by atoms with Crippen LogP contribution >= 0.6 is 0 Å². The standard InChI is InChI=1S/C16H25NO4/c1-3-4-5-6-7-8-9-21-12-10-13(16(18)19)15(20-2)14(17)11-12/h10-11H,3-9,17H2,1-2H3,(H,18,19). The number of carboxylic acids is 1. The fourth-order valence-corrected chi connectivity index (χ4v) is 2.17. The van der Waals surface area contributed by atoms with E-state index in [0.717, 1.165) is 12.8 Å². The molecule has 0 unspecified atom stereocenters. The molecule has 1 rings (SSSR count). The molecule has 0 saturated carbocycles. The summed E-state index contributed by atoms with van der Waals surface area (Å²) in [6, 6.07) is 3.05. The van der Waals surface area contributed by atoms with Gasteiger partial charge in [-0.05, 0) is 12.5 Å². The van der Waals surface area contributed by atoms with Crippen LogP contribution in [0.3, 0.4) is 0 Å². The molecule has 1 aromatic carbocycles. The molecule has 0 radical (unpaired) electrons. The molecule has 0 spiro atoms. The minimum Gasteiger partial charge on any atom is -0.494 e. The highest BCUT2D eigenvalue weighted by Gasteiger charge is 2.16. The van der Waals surface area contributed by atoms with Crippen LogP contribution in [0.15, 0.2) is 12.1 Å². The molecule has 3 N–H and O–H groups in total. The molecule has 5 nitrogen and oxygen atoms in total. The monoisotopic (exact) mass is 295 g/mol. The zero-order chi connectivity index (χ0) is 15.7. The molecule has 0 aliphatic rings. The van der Waals surface area contributed by atoms with E-state index >= 15 is 0 Å². The van der Waals surface area contributed by atoms with Crippen LogP contribution in [0, 0.1) is 0 Å². The lowest BCUT2D eigenvalue weighted by molar-refractivity contribution is 0.0693. The van der Waals surface area contributed by atoms with Gasteiger partial charge in [0, 0.05) is 6.07 Å². The molecule has 0 heterocycles. The van der Waals surface area contributed by atoms with Gasteiger partial charge in [0.15, 0.2) is 5.75 Å². The Morgan fingerprint density at radius 3 is 2.48 bits per heavy atom. The van der Waals surface area contributed by atoms with Gasteiger partial charge in [-0.1, -0.05) is 39.0 Å². The summed E-state index contributed by atoms with van der Waals surface area (Å²) in [5, 5.41) is 9.15. The molecular formula is C16H25NO4. The quantitative estimate of drug-likeness (QED) is 0.508. The fraction of sp³-hybridized carbons (Fsp3) is 0.562. The number of hydrogen-bond donors (Lipinski definition) is 2. The van der Waals surface area contributed by atoms with Crippen LogP contribution in [0.4, 0.5) is 5.69 Å². The van der Waals surface area contributed by atoms with E-state index in [1.165, 1.54) is 38.9 Å². The van der Waals surface area contributed by atoms with E-state index in [4.69, 9.17) is 20.3 Å². The van der Waals surface area contributed by atoms with Crippen LogP contribution in [-0.4, -0.2) is 24.8 Å². The van der Waals surface area contributed by atoms with Crippen LogP contribution in [0.5, 0.6) is 11.5 Å². The lowest BCUT2D eigenvalue weighted by Gasteiger charge is -2.12. The van der Waals surface area contributed by atoms with Crippen molar-refractivity contribution in [3.63, 3.8) is 0 Å². The van der Waals surface area contributed by atoms with Gasteiger partial charge in [0.25, 0.3) is 0 Å². The van der Waals surface area contributed by atoms with Crippen molar-refractivity contribution in [1.82, 2.24) is 0 Å². The highest BCUT2D eigenvalue weighted by molar-refractivity contribution is 5.93. The van der Waals surface area contributed by atoms with Crippen molar-refractivity contribution < 1.29 is 19.4 Å². The van der Waals surface area contributed by atoms with E-state index in [1.54, 1.807) is 6.07 Å². The first kappa shape index (κ1) is 17.1. The van der Waals surface area contributed by atoms with Crippen molar-refractivity contribution in [3.05, 3.63) is 17.7 Å². The highest BCUT2D eigenvalue weighted by atomic mass is 16.5. The van der Waals surface area contributed by atoms with Crippen molar-refractivity contribution in [1.29, 1.82) is 0 Å². The molecule has 1 aromatic rings. The topological polar surface area (TPSA) is 81.8 Å². The second kappa shape index (κ2) is 9.10. The molecule has 5 heteroatoms. The molecule has 0 fully saturated rings. The van der Waals surface area contributed by atoms with Gasteiger partial charge in [-0.25, -0.2) is 4.79 Å². The molecule has 0 atom stereocenters. The average molecular weight is 295 g/mol. The Morgan fingerprint density at radius 2 is 1.86 bits per heavy atom. The average Bonchev–Trinajstić information content (AvgIpc) is 2.45. The predicted octanol–water partition coefficient (Wildman–Crippen LogP) is 3.71. The zero-order valence-corrected chi connectivity index (χ0v) is 12.9. The van der Waals surface area contributed by atoms with Gasteiger partial charge in [0.05, 0.1) is 19.4 Å². The lowest BCUT2D eigenvalue weighted by Crippen LogP contribution is -2.06. The van der Waals surface area contributed by atoms with Crippen LogP contribution in [0.1, 0.15) is 55.8 Å². The van der Waals surface area contributed by atoms with E-state index < -0.39 is 5.97 Å². The number of methoxy groups -OCH3 is 1. The molecule has 0 aliphatic carbocycles. The van der Waals surface area contributed by atoms with Crippen LogP contribution in [0.25, 0.3) is 0 Å². The molecular weight excluding hydrogens is 270 g/mol. The Kier molecular flexibility index (Phi) is 7.43. The second-order valence-electron chi connectivity index (χ2n) is 5.01. The van der Waals surface area contributed by atoms with Crippen LogP contribution < -0.4 is 15.2 Å². The highest BCUT2D eigenvalue weighted by Crippen LogP contribution is 2.31. The van der Waals surface area contributed by atoms with Crippen molar-refractivity contribution in [2.75, 3.05) is 19.5 Å². The summed E-state index contributed by atoms with van der Waals surface area (Å²) in [6.07, 6.45) is 7.06.